The zero-order valence-corrected chi connectivity index (χ0v) is 13.9. The average Bonchev–Trinajstić information content (AvgIpc) is 3.15. The fourth-order valence-electron chi connectivity index (χ4n) is 4.06. The van der Waals surface area contributed by atoms with Crippen molar-refractivity contribution in [1.82, 2.24) is 9.80 Å². The van der Waals surface area contributed by atoms with E-state index < -0.39 is 6.04 Å². The van der Waals surface area contributed by atoms with Crippen LogP contribution in [-0.4, -0.2) is 67.0 Å². The number of ether oxygens (including phenoxy) is 1. The van der Waals surface area contributed by atoms with Crippen molar-refractivity contribution in [3.63, 3.8) is 0 Å². The molecular weight excluding hydrogens is 294 g/mol. The molecule has 3 aliphatic heterocycles. The van der Waals surface area contributed by atoms with Crippen molar-refractivity contribution < 1.29 is 14.3 Å². The van der Waals surface area contributed by atoms with E-state index in [0.29, 0.717) is 19.8 Å². The monoisotopic (exact) mass is 323 g/mol. The topological polar surface area (TPSA) is 75.9 Å². The van der Waals surface area contributed by atoms with Gasteiger partial charge in [0, 0.05) is 39.4 Å². The second-order valence-electron chi connectivity index (χ2n) is 7.13. The number of piperidine rings is 1. The molecule has 6 heteroatoms. The van der Waals surface area contributed by atoms with Crippen LogP contribution in [0.2, 0.25) is 0 Å². The number of amides is 2. The van der Waals surface area contributed by atoms with Crippen LogP contribution in [-0.2, 0) is 14.3 Å². The van der Waals surface area contributed by atoms with Crippen molar-refractivity contribution in [2.45, 2.75) is 44.6 Å². The maximum atomic E-state index is 12.7. The van der Waals surface area contributed by atoms with Crippen molar-refractivity contribution in [3.8, 4) is 0 Å². The lowest BCUT2D eigenvalue weighted by Gasteiger charge is -2.37. The molecule has 23 heavy (non-hydrogen) atoms. The summed E-state index contributed by atoms with van der Waals surface area (Å²) in [5.41, 5.74) is 6.22. The van der Waals surface area contributed by atoms with E-state index in [9.17, 15) is 9.59 Å². The van der Waals surface area contributed by atoms with Crippen LogP contribution in [0.3, 0.4) is 0 Å². The van der Waals surface area contributed by atoms with Gasteiger partial charge >= 0.3 is 0 Å². The van der Waals surface area contributed by atoms with E-state index in [4.69, 9.17) is 10.5 Å². The third-order valence-electron chi connectivity index (χ3n) is 5.56. The van der Waals surface area contributed by atoms with Crippen molar-refractivity contribution in [2.24, 2.45) is 17.6 Å². The number of carbonyl (C=O) groups excluding carboxylic acids is 2. The van der Waals surface area contributed by atoms with E-state index in [1.807, 2.05) is 9.80 Å². The third kappa shape index (κ3) is 3.86. The SMILES string of the molecule is NC(C(=O)N1CCCC(C(=O)N2CCCC2)C1)C1CCOCC1. The fraction of sp³-hybridized carbons (Fsp3) is 0.882. The quantitative estimate of drug-likeness (QED) is 0.825. The highest BCUT2D eigenvalue weighted by molar-refractivity contribution is 5.84. The first-order valence-electron chi connectivity index (χ1n) is 9.07. The minimum atomic E-state index is -0.445. The van der Waals surface area contributed by atoms with Gasteiger partial charge in [0.15, 0.2) is 0 Å². The van der Waals surface area contributed by atoms with Crippen molar-refractivity contribution in [2.75, 3.05) is 39.4 Å². The van der Waals surface area contributed by atoms with E-state index >= 15 is 0 Å². The Balaban J connectivity index is 1.56. The predicted molar refractivity (Wildman–Crippen MR) is 86.6 cm³/mol. The molecule has 3 fully saturated rings. The maximum absolute atomic E-state index is 12.7. The van der Waals surface area contributed by atoms with E-state index in [0.717, 1.165) is 58.2 Å². The summed E-state index contributed by atoms with van der Waals surface area (Å²) in [6.07, 6.45) is 5.72. The lowest BCUT2D eigenvalue weighted by Crippen LogP contribution is -2.53. The van der Waals surface area contributed by atoms with Crippen molar-refractivity contribution in [3.05, 3.63) is 0 Å². The van der Waals surface area contributed by atoms with Gasteiger partial charge in [-0.25, -0.2) is 0 Å². The Morgan fingerprint density at radius 2 is 1.61 bits per heavy atom. The van der Waals surface area contributed by atoms with Crippen LogP contribution in [0, 0.1) is 11.8 Å². The zero-order chi connectivity index (χ0) is 16.2. The zero-order valence-electron chi connectivity index (χ0n) is 13.9. The molecule has 2 amide bonds. The van der Waals surface area contributed by atoms with E-state index in [2.05, 4.69) is 0 Å². The Bertz CT molecular complexity index is 431. The van der Waals surface area contributed by atoms with Gasteiger partial charge in [0.25, 0.3) is 0 Å². The Labute approximate surface area is 138 Å². The molecule has 0 aromatic rings. The second-order valence-corrected chi connectivity index (χ2v) is 7.13. The van der Waals surface area contributed by atoms with Gasteiger partial charge < -0.3 is 20.3 Å². The first-order chi connectivity index (χ1) is 11.2. The fourth-order valence-corrected chi connectivity index (χ4v) is 4.06. The van der Waals surface area contributed by atoms with Gasteiger partial charge in [-0.3, -0.25) is 9.59 Å². The number of hydrogen-bond acceptors (Lipinski definition) is 4. The molecule has 2 atom stereocenters. The van der Waals surface area contributed by atoms with Crippen molar-refractivity contribution in [1.29, 1.82) is 0 Å². The third-order valence-corrected chi connectivity index (χ3v) is 5.56. The number of carbonyl (C=O) groups is 2. The van der Waals surface area contributed by atoms with Gasteiger partial charge in [-0.15, -0.1) is 0 Å². The minimum Gasteiger partial charge on any atom is -0.381 e. The van der Waals surface area contributed by atoms with Gasteiger partial charge in [-0.2, -0.15) is 0 Å². The number of hydrogen-bond donors (Lipinski definition) is 1. The lowest BCUT2D eigenvalue weighted by atomic mass is 9.90. The summed E-state index contributed by atoms with van der Waals surface area (Å²) >= 11 is 0. The van der Waals surface area contributed by atoms with Crippen molar-refractivity contribution >= 4 is 11.8 Å². The molecule has 0 aromatic carbocycles. The Morgan fingerprint density at radius 3 is 2.30 bits per heavy atom. The van der Waals surface area contributed by atoms with Gasteiger partial charge in [-0.05, 0) is 44.4 Å². The summed E-state index contributed by atoms with van der Waals surface area (Å²) in [4.78, 5) is 29.1. The molecule has 0 spiro atoms. The summed E-state index contributed by atoms with van der Waals surface area (Å²) in [7, 11) is 0. The van der Waals surface area contributed by atoms with Gasteiger partial charge in [-0.1, -0.05) is 0 Å². The smallest absolute Gasteiger partial charge is 0.239 e. The molecule has 0 aliphatic carbocycles. The summed E-state index contributed by atoms with van der Waals surface area (Å²) in [6.45, 7) is 4.43. The summed E-state index contributed by atoms with van der Waals surface area (Å²) in [5, 5.41) is 0. The Hall–Kier alpha value is -1.14. The predicted octanol–water partition coefficient (Wildman–Crippen LogP) is 0.601. The highest BCUT2D eigenvalue weighted by Crippen LogP contribution is 2.24. The molecule has 0 radical (unpaired) electrons. The van der Waals surface area contributed by atoms with Crippen LogP contribution < -0.4 is 5.73 Å². The number of nitrogens with two attached hydrogens (primary N) is 1. The van der Waals surface area contributed by atoms with Crippen LogP contribution in [0.25, 0.3) is 0 Å². The van der Waals surface area contributed by atoms with Crippen LogP contribution in [0.4, 0.5) is 0 Å². The first kappa shape index (κ1) is 16.7. The van der Waals surface area contributed by atoms with Crippen LogP contribution in [0.1, 0.15) is 38.5 Å². The standard InChI is InChI=1S/C17H29N3O3/c18-15(13-5-10-23-11-6-13)17(22)20-9-3-4-14(12-20)16(21)19-7-1-2-8-19/h13-15H,1-12,18H2. The molecule has 0 aromatic heterocycles. The molecule has 2 unspecified atom stereocenters. The summed E-state index contributed by atoms with van der Waals surface area (Å²) < 4.78 is 5.35. The molecular formula is C17H29N3O3. The Kier molecular flexibility index (Phi) is 5.54. The Morgan fingerprint density at radius 1 is 0.957 bits per heavy atom. The average molecular weight is 323 g/mol. The summed E-state index contributed by atoms with van der Waals surface area (Å²) in [5.74, 6) is 0.439. The van der Waals surface area contributed by atoms with E-state index in [1.54, 1.807) is 0 Å². The molecule has 0 saturated carbocycles. The normalized spacial score (nSPS) is 28.0. The number of nitrogens with zero attached hydrogens (tertiary/aromatic N) is 2. The van der Waals surface area contributed by atoms with E-state index in [1.165, 1.54) is 0 Å². The van der Waals surface area contributed by atoms with Gasteiger partial charge in [0.05, 0.1) is 12.0 Å². The molecule has 3 aliphatic rings. The minimum absolute atomic E-state index is 0.0239. The second kappa shape index (κ2) is 7.62. The largest absolute Gasteiger partial charge is 0.381 e. The molecule has 0 bridgehead atoms. The van der Waals surface area contributed by atoms with E-state index in [-0.39, 0.29) is 23.7 Å². The summed E-state index contributed by atoms with van der Waals surface area (Å²) in [6, 6.07) is -0.445. The molecule has 2 N–H and O–H groups in total. The molecule has 3 rings (SSSR count). The maximum Gasteiger partial charge on any atom is 0.239 e. The van der Waals surface area contributed by atoms with Gasteiger partial charge in [0.2, 0.25) is 11.8 Å². The molecule has 3 heterocycles. The lowest BCUT2D eigenvalue weighted by molar-refractivity contribution is -0.141. The number of likely N-dealkylation sites (tertiary alicyclic amines) is 2. The number of rotatable bonds is 3. The molecule has 3 saturated heterocycles. The molecule has 6 nitrogen and oxygen atoms in total. The van der Waals surface area contributed by atoms with Crippen LogP contribution in [0.5, 0.6) is 0 Å². The van der Waals surface area contributed by atoms with Crippen LogP contribution in [0.15, 0.2) is 0 Å². The molecule has 130 valence electrons. The first-order valence-corrected chi connectivity index (χ1v) is 9.07. The van der Waals surface area contributed by atoms with Gasteiger partial charge in [0.1, 0.15) is 0 Å². The van der Waals surface area contributed by atoms with Crippen LogP contribution >= 0.6 is 0 Å². The highest BCUT2D eigenvalue weighted by Gasteiger charge is 2.35. The highest BCUT2D eigenvalue weighted by atomic mass is 16.5.